The third-order valence-corrected chi connectivity index (χ3v) is 3.15. The molecule has 0 amide bonds. The van der Waals surface area contributed by atoms with Gasteiger partial charge < -0.3 is 9.84 Å². The van der Waals surface area contributed by atoms with Gasteiger partial charge >= 0.3 is 11.9 Å². The first-order chi connectivity index (χ1) is 8.86. The number of carbonyl (C=O) groups is 2. The van der Waals surface area contributed by atoms with E-state index in [1.54, 1.807) is 6.92 Å². The van der Waals surface area contributed by atoms with Crippen molar-refractivity contribution in [2.24, 2.45) is 0 Å². The molecule has 4 nitrogen and oxygen atoms in total. The van der Waals surface area contributed by atoms with E-state index in [1.165, 1.54) is 7.11 Å². The summed E-state index contributed by atoms with van der Waals surface area (Å²) >= 11 is 0. The van der Waals surface area contributed by atoms with E-state index in [4.69, 9.17) is 5.11 Å². The molecule has 0 radical (unpaired) electrons. The molecule has 102 valence electrons. The third-order valence-electron chi connectivity index (χ3n) is 3.15. The van der Waals surface area contributed by atoms with Crippen LogP contribution in [0.15, 0.2) is 23.8 Å². The van der Waals surface area contributed by atoms with E-state index < -0.39 is 11.9 Å². The van der Waals surface area contributed by atoms with Gasteiger partial charge in [-0.15, -0.1) is 0 Å². The number of carbonyl (C=O) groups excluding carboxylic acids is 1. The monoisotopic (exact) mass is 262 g/mol. The number of aliphatic carboxylic acids is 1. The van der Waals surface area contributed by atoms with Gasteiger partial charge in [-0.25, -0.2) is 4.79 Å². The number of hydrogen-bond donors (Lipinski definition) is 1. The second kappa shape index (κ2) is 6.18. The fourth-order valence-corrected chi connectivity index (χ4v) is 1.78. The zero-order valence-electron chi connectivity index (χ0n) is 11.6. The van der Waals surface area contributed by atoms with E-state index in [0.29, 0.717) is 5.57 Å². The SMILES string of the molecule is COC(=O)C(CC(=O)O)=C(C)c1ccc(C)c(C)c1. The highest BCUT2D eigenvalue weighted by molar-refractivity contribution is 6.01. The predicted molar refractivity (Wildman–Crippen MR) is 72.8 cm³/mol. The van der Waals surface area contributed by atoms with Crippen molar-refractivity contribution in [2.75, 3.05) is 7.11 Å². The van der Waals surface area contributed by atoms with Gasteiger partial charge in [0.25, 0.3) is 0 Å². The Kier molecular flexibility index (Phi) is 4.87. The van der Waals surface area contributed by atoms with Crippen molar-refractivity contribution >= 4 is 17.5 Å². The van der Waals surface area contributed by atoms with Gasteiger partial charge in [0.05, 0.1) is 19.1 Å². The Hall–Kier alpha value is -2.10. The van der Waals surface area contributed by atoms with Gasteiger partial charge in [-0.2, -0.15) is 0 Å². The molecule has 4 heteroatoms. The molecule has 0 atom stereocenters. The van der Waals surface area contributed by atoms with Gasteiger partial charge in [-0.3, -0.25) is 4.79 Å². The molecule has 19 heavy (non-hydrogen) atoms. The Labute approximate surface area is 112 Å². The fourth-order valence-electron chi connectivity index (χ4n) is 1.78. The summed E-state index contributed by atoms with van der Waals surface area (Å²) in [6.07, 6.45) is -0.342. The van der Waals surface area contributed by atoms with Crippen LogP contribution in [-0.2, 0) is 14.3 Å². The molecule has 0 aromatic heterocycles. The van der Waals surface area contributed by atoms with Crippen LogP contribution in [0.25, 0.3) is 5.57 Å². The maximum absolute atomic E-state index is 11.7. The largest absolute Gasteiger partial charge is 0.481 e. The maximum atomic E-state index is 11.7. The summed E-state index contributed by atoms with van der Waals surface area (Å²) in [5.41, 5.74) is 3.89. The van der Waals surface area contributed by atoms with Crippen molar-refractivity contribution < 1.29 is 19.4 Å². The molecule has 0 spiro atoms. The van der Waals surface area contributed by atoms with Crippen LogP contribution in [0.3, 0.4) is 0 Å². The third kappa shape index (κ3) is 3.68. The Bertz CT molecular complexity index is 541. The van der Waals surface area contributed by atoms with Crippen molar-refractivity contribution in [1.29, 1.82) is 0 Å². The minimum Gasteiger partial charge on any atom is -0.481 e. The summed E-state index contributed by atoms with van der Waals surface area (Å²) in [5.74, 6) is -1.65. The lowest BCUT2D eigenvalue weighted by Crippen LogP contribution is -2.11. The Balaban J connectivity index is 3.30. The Morgan fingerprint density at radius 3 is 2.32 bits per heavy atom. The normalized spacial score (nSPS) is 11.8. The first-order valence-corrected chi connectivity index (χ1v) is 5.94. The van der Waals surface area contributed by atoms with Gasteiger partial charge in [-0.05, 0) is 43.0 Å². The van der Waals surface area contributed by atoms with Gasteiger partial charge in [0, 0.05) is 0 Å². The maximum Gasteiger partial charge on any atom is 0.334 e. The van der Waals surface area contributed by atoms with Gasteiger partial charge in [0.2, 0.25) is 0 Å². The quantitative estimate of drug-likeness (QED) is 0.669. The zero-order chi connectivity index (χ0) is 14.6. The average molecular weight is 262 g/mol. The van der Waals surface area contributed by atoms with Crippen molar-refractivity contribution in [3.05, 3.63) is 40.5 Å². The zero-order valence-corrected chi connectivity index (χ0v) is 11.6. The molecule has 0 saturated carbocycles. The molecule has 0 heterocycles. The van der Waals surface area contributed by atoms with Crippen LogP contribution in [0.1, 0.15) is 30.0 Å². The molecule has 0 fully saturated rings. The van der Waals surface area contributed by atoms with Gasteiger partial charge in [0.15, 0.2) is 0 Å². The minimum atomic E-state index is -1.05. The van der Waals surface area contributed by atoms with Crippen LogP contribution >= 0.6 is 0 Å². The number of aryl methyl sites for hydroxylation is 2. The van der Waals surface area contributed by atoms with Crippen LogP contribution in [0, 0.1) is 13.8 Å². The first kappa shape index (κ1) is 15.0. The first-order valence-electron chi connectivity index (χ1n) is 5.94. The lowest BCUT2D eigenvalue weighted by Gasteiger charge is -2.10. The molecule has 0 aliphatic rings. The number of methoxy groups -OCH3 is 1. The Morgan fingerprint density at radius 2 is 1.84 bits per heavy atom. The lowest BCUT2D eigenvalue weighted by atomic mass is 9.96. The Morgan fingerprint density at radius 1 is 1.21 bits per heavy atom. The fraction of sp³-hybridized carbons (Fsp3) is 0.333. The number of ether oxygens (including phenoxy) is 1. The molecular formula is C15H18O4. The summed E-state index contributed by atoms with van der Waals surface area (Å²) in [4.78, 5) is 22.5. The van der Waals surface area contributed by atoms with E-state index in [2.05, 4.69) is 4.74 Å². The topological polar surface area (TPSA) is 63.6 Å². The van der Waals surface area contributed by atoms with E-state index in [-0.39, 0.29) is 12.0 Å². The van der Waals surface area contributed by atoms with Crippen molar-refractivity contribution in [1.82, 2.24) is 0 Å². The smallest absolute Gasteiger partial charge is 0.334 e. The van der Waals surface area contributed by atoms with Crippen LogP contribution in [-0.4, -0.2) is 24.2 Å². The lowest BCUT2D eigenvalue weighted by molar-refractivity contribution is -0.141. The standard InChI is InChI=1S/C15H18O4/c1-9-5-6-12(7-10(9)2)11(3)13(8-14(16)17)15(18)19-4/h5-7H,8H2,1-4H3,(H,16,17). The number of rotatable bonds is 4. The van der Waals surface area contributed by atoms with Crippen molar-refractivity contribution in [3.63, 3.8) is 0 Å². The van der Waals surface area contributed by atoms with Crippen molar-refractivity contribution in [2.45, 2.75) is 27.2 Å². The molecule has 0 aliphatic heterocycles. The summed E-state index contributed by atoms with van der Waals surface area (Å²) in [6.45, 7) is 5.71. The molecule has 0 bridgehead atoms. The van der Waals surface area contributed by atoms with E-state index in [9.17, 15) is 9.59 Å². The highest BCUT2D eigenvalue weighted by Gasteiger charge is 2.18. The van der Waals surface area contributed by atoms with E-state index in [1.807, 2.05) is 32.0 Å². The van der Waals surface area contributed by atoms with E-state index in [0.717, 1.165) is 16.7 Å². The minimum absolute atomic E-state index is 0.179. The molecular weight excluding hydrogens is 244 g/mol. The predicted octanol–water partition coefficient (Wildman–Crippen LogP) is 2.72. The molecule has 1 aromatic rings. The molecule has 1 N–H and O–H groups in total. The van der Waals surface area contributed by atoms with E-state index >= 15 is 0 Å². The summed E-state index contributed by atoms with van der Waals surface area (Å²) < 4.78 is 4.65. The number of allylic oxidation sites excluding steroid dienone is 1. The summed E-state index contributed by atoms with van der Waals surface area (Å²) in [6, 6.07) is 5.77. The second-order valence-corrected chi connectivity index (χ2v) is 4.46. The number of carboxylic acids is 1. The van der Waals surface area contributed by atoms with Crippen molar-refractivity contribution in [3.8, 4) is 0 Å². The number of esters is 1. The second-order valence-electron chi connectivity index (χ2n) is 4.46. The molecule has 0 aliphatic carbocycles. The number of benzene rings is 1. The molecule has 1 aromatic carbocycles. The highest BCUT2D eigenvalue weighted by Crippen LogP contribution is 2.23. The summed E-state index contributed by atoms with van der Waals surface area (Å²) in [7, 11) is 1.25. The average Bonchev–Trinajstić information content (AvgIpc) is 2.37. The molecule has 0 unspecified atom stereocenters. The molecule has 1 rings (SSSR count). The van der Waals surface area contributed by atoms with Crippen LogP contribution in [0.2, 0.25) is 0 Å². The summed E-state index contributed by atoms with van der Waals surface area (Å²) in [5, 5.41) is 8.88. The van der Waals surface area contributed by atoms with Crippen LogP contribution < -0.4 is 0 Å². The van der Waals surface area contributed by atoms with Crippen LogP contribution in [0.4, 0.5) is 0 Å². The number of carboxylic acid groups (broad SMARTS) is 1. The van der Waals surface area contributed by atoms with Crippen LogP contribution in [0.5, 0.6) is 0 Å². The highest BCUT2D eigenvalue weighted by atomic mass is 16.5. The van der Waals surface area contributed by atoms with Gasteiger partial charge in [0.1, 0.15) is 0 Å². The van der Waals surface area contributed by atoms with Gasteiger partial charge in [-0.1, -0.05) is 18.2 Å². The molecule has 0 saturated heterocycles. The number of hydrogen-bond acceptors (Lipinski definition) is 3.